The topological polar surface area (TPSA) is 196 Å². The van der Waals surface area contributed by atoms with Gasteiger partial charge in [-0.15, -0.1) is 0 Å². The van der Waals surface area contributed by atoms with Gasteiger partial charge in [-0.05, 0) is 36.4 Å². The number of nitrogens with zero attached hydrogens (tertiary/aromatic N) is 1. The van der Waals surface area contributed by atoms with Crippen LogP contribution >= 0.6 is 0 Å². The van der Waals surface area contributed by atoms with Crippen molar-refractivity contribution in [1.82, 2.24) is 9.44 Å². The van der Waals surface area contributed by atoms with E-state index >= 15 is 0 Å². The lowest BCUT2D eigenvalue weighted by Gasteiger charge is -2.08. The molecule has 0 spiro atoms. The molecule has 2 rings (SSSR count). The fourth-order valence-electron chi connectivity index (χ4n) is 2.01. The number of nitrogen functional groups attached to an aromatic ring is 1. The molecule has 0 atom stereocenters. The summed E-state index contributed by atoms with van der Waals surface area (Å²) < 4.78 is 50.7. The number of nitrogens with one attached hydrogen (secondary N) is 2. The maximum absolute atomic E-state index is 11.7. The number of anilines is 1. The quantitative estimate of drug-likeness (QED) is 0.280. The van der Waals surface area contributed by atoms with Crippen molar-refractivity contribution in [2.45, 2.75) is 37.5 Å². The minimum Gasteiger partial charge on any atom is -0.399 e. The lowest BCUT2D eigenvalue weighted by atomic mass is 10.2. The summed E-state index contributed by atoms with van der Waals surface area (Å²) in [7, 11) is -7.75. The first-order chi connectivity index (χ1) is 15.6. The van der Waals surface area contributed by atoms with Crippen LogP contribution in [0.1, 0.15) is 27.7 Å². The van der Waals surface area contributed by atoms with Crippen molar-refractivity contribution < 1.29 is 31.3 Å². The second-order valence-electron chi connectivity index (χ2n) is 7.57. The Morgan fingerprint density at radius 2 is 1.09 bits per heavy atom. The molecular formula is C20H26N4O8S2. The lowest BCUT2D eigenvalue weighted by molar-refractivity contribution is -0.384. The molecule has 12 nitrogen and oxygen atoms in total. The third-order valence-corrected chi connectivity index (χ3v) is 6.79. The molecule has 0 radical (unpaired) electrons. The molecule has 0 aliphatic heterocycles. The van der Waals surface area contributed by atoms with Crippen LogP contribution in [0.4, 0.5) is 11.4 Å². The Labute approximate surface area is 197 Å². The van der Waals surface area contributed by atoms with E-state index in [0.717, 1.165) is 24.3 Å². The van der Waals surface area contributed by atoms with Gasteiger partial charge in [-0.1, -0.05) is 27.7 Å². The van der Waals surface area contributed by atoms with E-state index in [0.29, 0.717) is 5.69 Å². The van der Waals surface area contributed by atoms with Gasteiger partial charge in [0.05, 0.1) is 14.7 Å². The summed E-state index contributed by atoms with van der Waals surface area (Å²) >= 11 is 0. The number of nitrogens with two attached hydrogens (primary N) is 1. The molecule has 0 aromatic heterocycles. The molecule has 0 saturated carbocycles. The van der Waals surface area contributed by atoms with Gasteiger partial charge >= 0.3 is 0 Å². The molecule has 186 valence electrons. The normalized spacial score (nSPS) is 11.4. The van der Waals surface area contributed by atoms with Gasteiger partial charge in [0, 0.05) is 29.7 Å². The molecule has 0 heterocycles. The Balaban J connectivity index is 0.000000342. The Bertz CT molecular complexity index is 1240. The van der Waals surface area contributed by atoms with Crippen LogP contribution in [-0.2, 0) is 29.6 Å². The van der Waals surface area contributed by atoms with Gasteiger partial charge in [0.25, 0.3) is 25.7 Å². The smallest absolute Gasteiger partial charge is 0.269 e. The lowest BCUT2D eigenvalue weighted by Crippen LogP contribution is -2.33. The zero-order chi connectivity index (χ0) is 26.3. The number of nitro benzene ring substituents is 1. The minimum atomic E-state index is -3.97. The van der Waals surface area contributed by atoms with Gasteiger partial charge in [0.1, 0.15) is 0 Å². The fraction of sp³-hybridized carbons (Fsp3) is 0.300. The minimum absolute atomic E-state index is 0.0238. The second-order valence-corrected chi connectivity index (χ2v) is 10.9. The van der Waals surface area contributed by atoms with Crippen molar-refractivity contribution in [3.63, 3.8) is 0 Å². The first-order valence-electron chi connectivity index (χ1n) is 9.80. The number of non-ortho nitro benzene ring substituents is 1. The molecule has 0 aliphatic carbocycles. The third kappa shape index (κ3) is 8.44. The van der Waals surface area contributed by atoms with Crippen LogP contribution in [0.5, 0.6) is 0 Å². The number of sulfonamides is 2. The van der Waals surface area contributed by atoms with E-state index in [4.69, 9.17) is 5.73 Å². The van der Waals surface area contributed by atoms with Crippen LogP contribution in [0.15, 0.2) is 58.3 Å². The van der Waals surface area contributed by atoms with Crippen LogP contribution in [0, 0.1) is 22.0 Å². The monoisotopic (exact) mass is 514 g/mol. The van der Waals surface area contributed by atoms with E-state index in [1.54, 1.807) is 27.7 Å². The van der Waals surface area contributed by atoms with E-state index in [2.05, 4.69) is 0 Å². The number of carbonyl (C=O) groups excluding carboxylic acids is 2. The molecule has 2 aromatic rings. The number of hydrogen-bond donors (Lipinski definition) is 3. The standard InChI is InChI=1S/C10H12N2O5S.C10H14N2O3S/c1-7(2)10(13)11-18(16,17)9-5-3-8(4-6-9)12(14)15;1-7(2)10(13)12-16(14,15)9-5-3-8(11)4-6-9/h3-7H,1-2H3,(H,11,13);3-7H,11H2,1-2H3,(H,12,13). The SMILES string of the molecule is CC(C)C(=O)NS(=O)(=O)c1ccc(N)cc1.CC(C)C(=O)NS(=O)(=O)c1ccc([N+](=O)[O-])cc1. The average Bonchev–Trinajstić information content (AvgIpc) is 2.73. The van der Waals surface area contributed by atoms with Crippen LogP contribution in [0.25, 0.3) is 0 Å². The van der Waals surface area contributed by atoms with Gasteiger partial charge in [0.2, 0.25) is 11.8 Å². The van der Waals surface area contributed by atoms with Gasteiger partial charge in [-0.3, -0.25) is 19.7 Å². The van der Waals surface area contributed by atoms with Crippen molar-refractivity contribution in [2.75, 3.05) is 5.73 Å². The molecule has 4 N–H and O–H groups in total. The van der Waals surface area contributed by atoms with Crippen LogP contribution in [0.2, 0.25) is 0 Å². The zero-order valence-corrected chi connectivity index (χ0v) is 20.5. The summed E-state index contributed by atoms with van der Waals surface area (Å²) in [5.74, 6) is -2.02. The summed E-state index contributed by atoms with van der Waals surface area (Å²) in [6.45, 7) is 6.35. The molecule has 2 amide bonds. The van der Waals surface area contributed by atoms with Crippen LogP contribution in [-0.4, -0.2) is 33.6 Å². The summed E-state index contributed by atoms with van der Waals surface area (Å²) in [5, 5.41) is 10.4. The number of hydrogen-bond acceptors (Lipinski definition) is 9. The van der Waals surface area contributed by atoms with E-state index in [1.165, 1.54) is 24.3 Å². The molecule has 0 fully saturated rings. The number of benzene rings is 2. The van der Waals surface area contributed by atoms with Gasteiger partial charge in [-0.25, -0.2) is 26.3 Å². The van der Waals surface area contributed by atoms with Crippen molar-refractivity contribution in [3.8, 4) is 0 Å². The summed E-state index contributed by atoms with van der Waals surface area (Å²) in [4.78, 5) is 32.2. The molecule has 0 bridgehead atoms. The highest BCUT2D eigenvalue weighted by molar-refractivity contribution is 7.90. The molecule has 0 unspecified atom stereocenters. The Kier molecular flexibility index (Phi) is 9.69. The first kappa shape index (κ1) is 28.5. The number of carbonyl (C=O) groups is 2. The van der Waals surface area contributed by atoms with E-state index in [9.17, 15) is 36.5 Å². The third-order valence-electron chi connectivity index (χ3n) is 4.07. The summed E-state index contributed by atoms with van der Waals surface area (Å²) in [6.07, 6.45) is 0. The second kappa shape index (κ2) is 11.6. The Morgan fingerprint density at radius 1 is 0.765 bits per heavy atom. The average molecular weight is 515 g/mol. The molecule has 14 heteroatoms. The Morgan fingerprint density at radius 3 is 1.38 bits per heavy atom. The highest BCUT2D eigenvalue weighted by atomic mass is 32.2. The summed E-state index contributed by atoms with van der Waals surface area (Å²) in [6, 6.07) is 9.92. The van der Waals surface area contributed by atoms with Crippen molar-refractivity contribution in [2.24, 2.45) is 11.8 Å². The summed E-state index contributed by atoms with van der Waals surface area (Å²) in [5.41, 5.74) is 5.69. The molecular weight excluding hydrogens is 488 g/mol. The van der Waals surface area contributed by atoms with Crippen LogP contribution < -0.4 is 15.2 Å². The fourth-order valence-corrected chi connectivity index (χ4v) is 4.24. The van der Waals surface area contributed by atoms with E-state index < -0.39 is 42.7 Å². The highest BCUT2D eigenvalue weighted by Crippen LogP contribution is 2.16. The predicted octanol–water partition coefficient (Wildman–Crippen LogP) is 1.79. The van der Waals surface area contributed by atoms with Gasteiger partial charge < -0.3 is 5.73 Å². The van der Waals surface area contributed by atoms with Gasteiger partial charge in [-0.2, -0.15) is 0 Å². The van der Waals surface area contributed by atoms with E-state index in [1.807, 2.05) is 9.44 Å². The van der Waals surface area contributed by atoms with Crippen molar-refractivity contribution in [1.29, 1.82) is 0 Å². The maximum atomic E-state index is 11.7. The van der Waals surface area contributed by atoms with Crippen LogP contribution in [0.3, 0.4) is 0 Å². The van der Waals surface area contributed by atoms with Crippen molar-refractivity contribution in [3.05, 3.63) is 58.6 Å². The van der Waals surface area contributed by atoms with E-state index in [-0.39, 0.29) is 21.4 Å². The predicted molar refractivity (Wildman–Crippen MR) is 124 cm³/mol. The first-order valence-corrected chi connectivity index (χ1v) is 12.8. The van der Waals surface area contributed by atoms with Crippen molar-refractivity contribution >= 4 is 43.2 Å². The number of nitro groups is 1. The number of rotatable bonds is 7. The Hall–Kier alpha value is -3.52. The molecule has 2 aromatic carbocycles. The molecule has 34 heavy (non-hydrogen) atoms. The largest absolute Gasteiger partial charge is 0.399 e. The maximum Gasteiger partial charge on any atom is 0.269 e. The molecule has 0 saturated heterocycles. The zero-order valence-electron chi connectivity index (χ0n) is 18.9. The van der Waals surface area contributed by atoms with Gasteiger partial charge in [0.15, 0.2) is 0 Å². The number of amides is 2. The highest BCUT2D eigenvalue weighted by Gasteiger charge is 2.20. The molecule has 0 aliphatic rings.